The minimum atomic E-state index is -0.966. The molecule has 7 nitrogen and oxygen atoms in total. The lowest BCUT2D eigenvalue weighted by atomic mass is 10.1. The molecule has 116 valence electrons. The molecule has 1 heterocycles. The highest BCUT2D eigenvalue weighted by Crippen LogP contribution is 2.41. The number of hydrogen-bond acceptors (Lipinski definition) is 5. The fraction of sp³-hybridized carbons (Fsp3) is 0.231. The number of nitrogens with zero attached hydrogens (tertiary/aromatic N) is 1. The number of nitrogens with one attached hydrogen (secondary N) is 1. The summed E-state index contributed by atoms with van der Waals surface area (Å²) in [5.74, 6) is -2.93. The Morgan fingerprint density at radius 3 is 2.55 bits per heavy atom. The summed E-state index contributed by atoms with van der Waals surface area (Å²) in [6, 6.07) is 3.66. The Morgan fingerprint density at radius 1 is 1.41 bits per heavy atom. The summed E-state index contributed by atoms with van der Waals surface area (Å²) in [6.45, 7) is 0. The van der Waals surface area contributed by atoms with Gasteiger partial charge in [0.25, 0.3) is 0 Å². The van der Waals surface area contributed by atoms with Gasteiger partial charge in [0.05, 0.1) is 10.9 Å². The topological polar surface area (TPSA) is 113 Å². The Balaban J connectivity index is 0.000000246. The van der Waals surface area contributed by atoms with Crippen LogP contribution in [0.15, 0.2) is 33.7 Å². The Labute approximate surface area is 127 Å². The monoisotopic (exact) mass is 328 g/mol. The van der Waals surface area contributed by atoms with Gasteiger partial charge in [-0.3, -0.25) is 9.59 Å². The molecule has 1 aliphatic carbocycles. The number of aromatic amines is 1. The van der Waals surface area contributed by atoms with Crippen LogP contribution in [0, 0.1) is 17.7 Å². The standard InChI is InChI=1S/C11H8ClFO3.C2H2N2O2/c12-8-3-5(1-2-9(8)13)10(14)6-4-7(6)11(15)16;5-2-1-3-4-6-2/h1-3,6-7H,4H2,(H,15,16);1,4H/t6?,7-;/m0./s1. The van der Waals surface area contributed by atoms with Gasteiger partial charge in [0.1, 0.15) is 12.0 Å². The molecule has 22 heavy (non-hydrogen) atoms. The third kappa shape index (κ3) is 3.79. The lowest BCUT2D eigenvalue weighted by Crippen LogP contribution is -2.08. The average molecular weight is 329 g/mol. The second kappa shape index (κ2) is 6.52. The Morgan fingerprint density at radius 2 is 2.14 bits per heavy atom. The van der Waals surface area contributed by atoms with Gasteiger partial charge in [-0.1, -0.05) is 11.6 Å². The maximum absolute atomic E-state index is 12.8. The lowest BCUT2D eigenvalue weighted by molar-refractivity contribution is -0.138. The van der Waals surface area contributed by atoms with Crippen LogP contribution >= 0.6 is 11.6 Å². The molecule has 1 fully saturated rings. The summed E-state index contributed by atoms with van der Waals surface area (Å²) in [5, 5.41) is 13.8. The number of H-pyrrole nitrogens is 1. The van der Waals surface area contributed by atoms with Crippen molar-refractivity contribution in [3.8, 4) is 0 Å². The zero-order chi connectivity index (χ0) is 16.3. The van der Waals surface area contributed by atoms with Crippen LogP contribution in [0.4, 0.5) is 4.39 Å². The van der Waals surface area contributed by atoms with Crippen molar-refractivity contribution in [1.29, 1.82) is 0 Å². The number of carbonyl (C=O) groups is 2. The number of carbonyl (C=O) groups excluding carboxylic acids is 1. The number of Topliss-reactive ketones (excluding diaryl/α,β-unsaturated/α-hetero) is 1. The van der Waals surface area contributed by atoms with Crippen LogP contribution in [0.25, 0.3) is 0 Å². The van der Waals surface area contributed by atoms with E-state index in [0.717, 1.165) is 12.3 Å². The number of carboxylic acids is 1. The highest BCUT2D eigenvalue weighted by molar-refractivity contribution is 6.31. The summed E-state index contributed by atoms with van der Waals surface area (Å²) < 4.78 is 16.9. The molecule has 2 atom stereocenters. The van der Waals surface area contributed by atoms with Crippen molar-refractivity contribution < 1.29 is 23.6 Å². The van der Waals surface area contributed by atoms with E-state index in [1.165, 1.54) is 12.1 Å². The molecule has 1 aromatic carbocycles. The van der Waals surface area contributed by atoms with Crippen LogP contribution in [0.1, 0.15) is 16.8 Å². The van der Waals surface area contributed by atoms with E-state index in [-0.39, 0.29) is 16.4 Å². The number of hydrogen-bond donors (Lipinski definition) is 2. The SMILES string of the molecule is O=C(c1ccc(F)c(Cl)c1)C1C[C@@H]1C(=O)O.O=c1cn[nH]o1. The van der Waals surface area contributed by atoms with Gasteiger partial charge in [0.2, 0.25) is 0 Å². The summed E-state index contributed by atoms with van der Waals surface area (Å²) in [5.41, 5.74) is -0.185. The average Bonchev–Trinajstić information content (AvgIpc) is 3.15. The molecule has 1 saturated carbocycles. The molecule has 0 radical (unpaired) electrons. The molecule has 1 aromatic heterocycles. The molecule has 0 amide bonds. The van der Waals surface area contributed by atoms with Crippen molar-refractivity contribution in [2.75, 3.05) is 0 Å². The number of halogens is 2. The zero-order valence-corrected chi connectivity index (χ0v) is 11.7. The molecule has 0 spiro atoms. The predicted molar refractivity (Wildman–Crippen MR) is 72.1 cm³/mol. The number of ketones is 1. The first-order valence-electron chi connectivity index (χ1n) is 6.11. The largest absolute Gasteiger partial charge is 0.481 e. The van der Waals surface area contributed by atoms with E-state index in [9.17, 15) is 18.8 Å². The zero-order valence-electron chi connectivity index (χ0n) is 11.0. The van der Waals surface area contributed by atoms with Crippen molar-refractivity contribution in [2.24, 2.45) is 11.8 Å². The summed E-state index contributed by atoms with van der Waals surface area (Å²) >= 11 is 5.54. The van der Waals surface area contributed by atoms with E-state index in [0.29, 0.717) is 6.42 Å². The Hall–Kier alpha value is -2.48. The van der Waals surface area contributed by atoms with Gasteiger partial charge in [-0.15, -0.1) is 10.4 Å². The van der Waals surface area contributed by atoms with Crippen LogP contribution < -0.4 is 5.63 Å². The predicted octanol–water partition coefficient (Wildman–Crippen LogP) is 1.75. The van der Waals surface area contributed by atoms with Crippen LogP contribution in [-0.4, -0.2) is 27.2 Å². The Kier molecular flexibility index (Phi) is 4.71. The van der Waals surface area contributed by atoms with Crippen molar-refractivity contribution >= 4 is 23.4 Å². The quantitative estimate of drug-likeness (QED) is 0.830. The molecule has 1 unspecified atom stereocenters. The maximum atomic E-state index is 12.8. The second-order valence-electron chi connectivity index (χ2n) is 4.55. The molecular formula is C13H10ClFN2O5. The number of benzene rings is 1. The van der Waals surface area contributed by atoms with Crippen molar-refractivity contribution in [1.82, 2.24) is 10.4 Å². The molecule has 0 aliphatic heterocycles. The second-order valence-corrected chi connectivity index (χ2v) is 4.96. The van der Waals surface area contributed by atoms with Gasteiger partial charge in [-0.05, 0) is 24.6 Å². The smallest absolute Gasteiger partial charge is 0.377 e. The summed E-state index contributed by atoms with van der Waals surface area (Å²) in [6.07, 6.45) is 1.41. The molecule has 9 heteroatoms. The summed E-state index contributed by atoms with van der Waals surface area (Å²) in [4.78, 5) is 32.1. The van der Waals surface area contributed by atoms with E-state index in [2.05, 4.69) is 9.62 Å². The van der Waals surface area contributed by atoms with Crippen molar-refractivity contribution in [3.63, 3.8) is 0 Å². The highest BCUT2D eigenvalue weighted by atomic mass is 35.5. The van der Waals surface area contributed by atoms with Gasteiger partial charge in [-0.25, -0.2) is 9.18 Å². The summed E-state index contributed by atoms with van der Waals surface area (Å²) in [7, 11) is 0. The van der Waals surface area contributed by atoms with Gasteiger partial charge in [-0.2, -0.15) is 0 Å². The van der Waals surface area contributed by atoms with Gasteiger partial charge < -0.3 is 9.63 Å². The molecule has 3 rings (SSSR count). The minimum Gasteiger partial charge on any atom is -0.481 e. The molecule has 1 aliphatic rings. The molecule has 0 bridgehead atoms. The highest BCUT2D eigenvalue weighted by Gasteiger charge is 2.48. The number of aromatic nitrogens is 2. The third-order valence-electron chi connectivity index (χ3n) is 3.02. The Bertz CT molecular complexity index is 740. The number of aliphatic carboxylic acids is 1. The van der Waals surface area contributed by atoms with Crippen LogP contribution in [-0.2, 0) is 4.79 Å². The lowest BCUT2D eigenvalue weighted by Gasteiger charge is -2.00. The van der Waals surface area contributed by atoms with E-state index in [1.54, 1.807) is 0 Å². The maximum Gasteiger partial charge on any atom is 0.377 e. The first-order valence-corrected chi connectivity index (χ1v) is 6.49. The fourth-order valence-electron chi connectivity index (χ4n) is 1.80. The van der Waals surface area contributed by atoms with E-state index in [1.807, 2.05) is 5.27 Å². The molecule has 0 saturated heterocycles. The fourth-order valence-corrected chi connectivity index (χ4v) is 1.98. The van der Waals surface area contributed by atoms with Gasteiger partial charge >= 0.3 is 11.6 Å². The number of carboxylic acid groups (broad SMARTS) is 1. The molecule has 2 aromatic rings. The normalized spacial score (nSPS) is 19.0. The minimum absolute atomic E-state index is 0.127. The van der Waals surface area contributed by atoms with Crippen LogP contribution in [0.3, 0.4) is 0 Å². The van der Waals surface area contributed by atoms with Crippen LogP contribution in [0.2, 0.25) is 5.02 Å². The van der Waals surface area contributed by atoms with Gasteiger partial charge in [0.15, 0.2) is 5.78 Å². The first-order chi connectivity index (χ1) is 10.4. The molecular weight excluding hydrogens is 319 g/mol. The number of rotatable bonds is 3. The van der Waals surface area contributed by atoms with Crippen LogP contribution in [0.5, 0.6) is 0 Å². The van der Waals surface area contributed by atoms with Gasteiger partial charge in [0, 0.05) is 11.5 Å². The molecule has 2 N–H and O–H groups in total. The van der Waals surface area contributed by atoms with Crippen molar-refractivity contribution in [2.45, 2.75) is 6.42 Å². The third-order valence-corrected chi connectivity index (χ3v) is 3.31. The van der Waals surface area contributed by atoms with E-state index in [4.69, 9.17) is 16.7 Å². The van der Waals surface area contributed by atoms with Crippen molar-refractivity contribution in [3.05, 3.63) is 51.2 Å². The first kappa shape index (κ1) is 15.9. The van der Waals surface area contributed by atoms with E-state index >= 15 is 0 Å². The van der Waals surface area contributed by atoms with E-state index < -0.39 is 29.2 Å².